The minimum atomic E-state index is -2.18. The Morgan fingerprint density at radius 2 is 1.03 bits per heavy atom. The van der Waals surface area contributed by atoms with Crippen LogP contribution < -0.4 is 64.2 Å². The maximum absolute atomic E-state index is 15.5. The topological polar surface area (TPSA) is 536 Å². The summed E-state index contributed by atoms with van der Waals surface area (Å²) in [5.41, 5.74) is 6.72. The van der Waals surface area contributed by atoms with E-state index in [0.29, 0.717) is 12.0 Å². The molecule has 35 nitrogen and oxygen atoms in total. The fourth-order valence-corrected chi connectivity index (χ4v) is 12.4. The lowest BCUT2D eigenvalue weighted by molar-refractivity contribution is -0.150. The third-order valence-electron chi connectivity index (χ3n) is 18.3. The molecular weight excluding hydrogens is 1360 g/mol. The summed E-state index contributed by atoms with van der Waals surface area (Å²) in [6.45, 7) is 6.38. The molecular formula is C69H106N14O21. The molecule has 0 saturated carbocycles. The molecule has 0 aliphatic carbocycles. The average Bonchev–Trinajstić information content (AvgIpc) is 1.29. The van der Waals surface area contributed by atoms with Crippen LogP contribution in [0.3, 0.4) is 0 Å². The van der Waals surface area contributed by atoms with Crippen LogP contribution in [-0.4, -0.2) is 230 Å². The molecule has 0 bridgehead atoms. The number of nitrogens with one attached hydrogen (secondary N) is 11. The number of fused-ring (bicyclic) bond motifs is 2. The van der Waals surface area contributed by atoms with E-state index in [0.717, 1.165) is 48.8 Å². The molecule has 1 aromatic carbocycles. The molecule has 4 rings (SSSR count). The van der Waals surface area contributed by atoms with Crippen molar-refractivity contribution in [2.75, 3.05) is 26.2 Å². The van der Waals surface area contributed by atoms with Gasteiger partial charge in [0.1, 0.15) is 60.4 Å². The predicted molar refractivity (Wildman–Crippen MR) is 371 cm³/mol. The van der Waals surface area contributed by atoms with E-state index >= 15 is 4.79 Å². The van der Waals surface area contributed by atoms with E-state index in [1.807, 2.05) is 10.6 Å². The van der Waals surface area contributed by atoms with Crippen LogP contribution in [0.25, 0.3) is 0 Å². The predicted octanol–water partition coefficient (Wildman–Crippen LogP) is -1.53. The second-order valence-corrected chi connectivity index (χ2v) is 27.2. The highest BCUT2D eigenvalue weighted by Crippen LogP contribution is 2.24. The van der Waals surface area contributed by atoms with Crippen LogP contribution >= 0.6 is 0 Å². The number of amides is 13. The number of rotatable bonds is 30. The lowest BCUT2D eigenvalue weighted by Crippen LogP contribution is -2.66. The number of aliphatic carboxylic acids is 4. The number of carbonyl (C=O) groups excluding carboxylic acids is 13. The number of nitrogens with two attached hydrogens (primary N) is 1. The number of benzene rings is 1. The van der Waals surface area contributed by atoms with Gasteiger partial charge in [-0.25, -0.2) is 0 Å². The normalized spacial score (nSPS) is 23.7. The van der Waals surface area contributed by atoms with Gasteiger partial charge in [0.25, 0.3) is 0 Å². The van der Waals surface area contributed by atoms with Crippen LogP contribution in [0.1, 0.15) is 182 Å². The number of carboxylic acids is 4. The zero-order chi connectivity index (χ0) is 77.3. The first-order valence-corrected chi connectivity index (χ1v) is 35.8. The molecule has 13 atom stereocenters. The minimum Gasteiger partial charge on any atom is -0.481 e. The van der Waals surface area contributed by atoms with Gasteiger partial charge < -0.3 is 94.4 Å². The summed E-state index contributed by atoms with van der Waals surface area (Å²) in [6.07, 6.45) is 9.36. The Morgan fingerprint density at radius 3 is 1.57 bits per heavy atom. The van der Waals surface area contributed by atoms with Crippen molar-refractivity contribution in [2.45, 2.75) is 255 Å². The number of hydrogen-bond donors (Lipinski definition) is 16. The fraction of sp³-hybridized carbons (Fsp3) is 0.667. The molecule has 3 heterocycles. The van der Waals surface area contributed by atoms with Crippen LogP contribution in [0.2, 0.25) is 0 Å². The molecule has 0 aromatic heterocycles. The van der Waals surface area contributed by atoms with Crippen molar-refractivity contribution < 1.29 is 102 Å². The van der Waals surface area contributed by atoms with Gasteiger partial charge in [0, 0.05) is 32.0 Å². The molecule has 578 valence electrons. The highest BCUT2D eigenvalue weighted by molar-refractivity contribution is 6.02. The minimum absolute atomic E-state index is 0.0123. The first-order chi connectivity index (χ1) is 49.2. The van der Waals surface area contributed by atoms with Crippen LogP contribution in [0.15, 0.2) is 30.3 Å². The Morgan fingerprint density at radius 1 is 0.529 bits per heavy atom. The quantitative estimate of drug-likeness (QED) is 0.0389. The lowest BCUT2D eigenvalue weighted by atomic mass is 9.96. The molecule has 104 heavy (non-hydrogen) atoms. The maximum atomic E-state index is 15.5. The highest BCUT2D eigenvalue weighted by Gasteiger charge is 2.45. The van der Waals surface area contributed by atoms with Gasteiger partial charge in [0.05, 0.1) is 44.3 Å². The third-order valence-corrected chi connectivity index (χ3v) is 18.3. The van der Waals surface area contributed by atoms with Crippen LogP contribution in [0, 0.1) is 11.8 Å². The van der Waals surface area contributed by atoms with E-state index in [9.17, 15) is 97.1 Å². The van der Waals surface area contributed by atoms with E-state index in [4.69, 9.17) is 5.73 Å². The summed E-state index contributed by atoms with van der Waals surface area (Å²) in [7, 11) is 0. The van der Waals surface area contributed by atoms with Crippen molar-refractivity contribution in [1.82, 2.24) is 68.3 Å². The zero-order valence-electron chi connectivity index (χ0n) is 60.1. The second-order valence-electron chi connectivity index (χ2n) is 27.2. The molecule has 13 amide bonds. The second kappa shape index (κ2) is 44.0. The Bertz CT molecular complexity index is 3190. The van der Waals surface area contributed by atoms with Gasteiger partial charge in [-0.1, -0.05) is 122 Å². The van der Waals surface area contributed by atoms with Gasteiger partial charge in [-0.3, -0.25) is 81.5 Å². The summed E-state index contributed by atoms with van der Waals surface area (Å²) in [5, 5.41) is 65.7. The third kappa shape index (κ3) is 28.8. The molecule has 3 aliphatic rings. The van der Waals surface area contributed by atoms with E-state index in [-0.39, 0.29) is 58.0 Å². The van der Waals surface area contributed by atoms with E-state index in [2.05, 4.69) is 54.8 Å². The van der Waals surface area contributed by atoms with Crippen LogP contribution in [0.5, 0.6) is 0 Å². The summed E-state index contributed by atoms with van der Waals surface area (Å²) < 4.78 is 0. The molecule has 17 N–H and O–H groups in total. The molecule has 12 unspecified atom stereocenters. The highest BCUT2D eigenvalue weighted by atomic mass is 16.4. The number of piperidine rings is 1. The fourth-order valence-electron chi connectivity index (χ4n) is 12.4. The molecule has 3 saturated heterocycles. The zero-order valence-corrected chi connectivity index (χ0v) is 60.1. The number of nitrogens with zero attached hydrogens (tertiary/aromatic N) is 2. The van der Waals surface area contributed by atoms with Gasteiger partial charge >= 0.3 is 23.9 Å². The maximum Gasteiger partial charge on any atom is 0.308 e. The first-order valence-electron chi connectivity index (χ1n) is 35.8. The van der Waals surface area contributed by atoms with Crippen LogP contribution in [0.4, 0.5) is 0 Å². The Hall–Kier alpha value is -9.83. The molecule has 0 spiro atoms. The van der Waals surface area contributed by atoms with E-state index in [1.54, 1.807) is 44.2 Å². The van der Waals surface area contributed by atoms with Gasteiger partial charge in [-0.05, 0) is 70.8 Å². The number of carboxylic acid groups (broad SMARTS) is 4. The monoisotopic (exact) mass is 1470 g/mol. The molecule has 3 aliphatic heterocycles. The molecule has 3 fully saturated rings. The van der Waals surface area contributed by atoms with Crippen molar-refractivity contribution in [2.24, 2.45) is 17.6 Å². The van der Waals surface area contributed by atoms with E-state index < -0.39 is 217 Å². The lowest BCUT2D eigenvalue weighted by Gasteiger charge is -2.39. The number of hydrogen-bond acceptors (Lipinski definition) is 18. The van der Waals surface area contributed by atoms with Crippen molar-refractivity contribution >= 4 is 101 Å². The van der Waals surface area contributed by atoms with Gasteiger partial charge in [0.15, 0.2) is 0 Å². The summed E-state index contributed by atoms with van der Waals surface area (Å²) >= 11 is 0. The Balaban J connectivity index is 1.79. The molecule has 35 heteroatoms. The summed E-state index contributed by atoms with van der Waals surface area (Å²) in [4.78, 5) is 236. The average molecular weight is 1470 g/mol. The van der Waals surface area contributed by atoms with Crippen molar-refractivity contribution in [3.05, 3.63) is 35.9 Å². The van der Waals surface area contributed by atoms with Gasteiger partial charge in [-0.2, -0.15) is 0 Å². The first kappa shape index (κ1) is 86.6. The molecule has 0 radical (unpaired) electrons. The number of unbranched alkanes of at least 4 members (excludes halogenated alkanes) is 11. The van der Waals surface area contributed by atoms with Crippen LogP contribution in [-0.2, 0) is 87.9 Å². The van der Waals surface area contributed by atoms with Crippen molar-refractivity contribution in [1.29, 1.82) is 0 Å². The molecule has 1 aromatic rings. The standard InChI is InChI=1S/C69H106N14O21/c1-7-8-9-10-11-12-13-14-15-16-17-21-29-49(84)74-43(32-42-25-19-18-20-26-42)61(95)76-46(35-54(91)92)62(96)81-58-41(6)73-63(97)48-28-24-31-83(48)67(101)55(38(2)3)79-66(100)57(40(5)70)78-51(86)37-72-59(93)44(33-52(87)88)75-50(85)36-71-60(94)45(34-53(89)90)77-65(99)56(39(4)69(103)104)80-64(98)47-27-22-23-30-82(47)68(58)102/h18-20,25-26,38-41,43-48,55-58H,7-17,21-24,27-37,70H2,1-6H3,(H,71,94)(H,72,93)(H,73,97)(H,74,84)(H,75,85)(H,76,95)(H,77,99)(H,78,86)(H,79,100)(H,80,98)(H,81,96)(H,87,88)(H,89,90)(H,91,92)(H,103,104)/t39?,40?,41?,43-,44?,45?,46?,47?,48?,55?,56?,57?,58?/m0/s1. The largest absolute Gasteiger partial charge is 0.481 e. The van der Waals surface area contributed by atoms with E-state index in [1.165, 1.54) is 52.4 Å². The van der Waals surface area contributed by atoms with Gasteiger partial charge in [-0.15, -0.1) is 0 Å². The summed E-state index contributed by atoms with van der Waals surface area (Å²) in [5.74, 6) is -23.7. The number of carbonyl (C=O) groups is 17. The Labute approximate surface area is 603 Å². The van der Waals surface area contributed by atoms with Crippen molar-refractivity contribution in [3.63, 3.8) is 0 Å². The SMILES string of the molecule is CCCCCCCCCCCCCCC(=O)N[C@@H](Cc1ccccc1)C(=O)NC(CC(=O)O)C(=O)NC1C(=O)N2CCCCC2C(=O)NC(C(C)C(=O)O)C(=O)NC(CC(=O)O)C(=O)NCC(=O)NC(CC(=O)O)C(=O)NCC(=O)NC(C(C)N)C(=O)NC(C(C)C)C(=O)N2CCCC2C(=O)NC1C. The van der Waals surface area contributed by atoms with Crippen molar-refractivity contribution in [3.8, 4) is 0 Å². The smallest absolute Gasteiger partial charge is 0.308 e. The van der Waals surface area contributed by atoms with Gasteiger partial charge in [0.2, 0.25) is 76.8 Å². The Kier molecular flexibility index (Phi) is 36.6. The summed E-state index contributed by atoms with van der Waals surface area (Å²) in [6, 6.07) is -12.1.